The van der Waals surface area contributed by atoms with Gasteiger partial charge in [-0.3, -0.25) is 0 Å². The van der Waals surface area contributed by atoms with E-state index in [1.54, 1.807) is 0 Å². The molecule has 0 aliphatic rings. The van der Waals surface area contributed by atoms with Gasteiger partial charge < -0.3 is 0 Å². The van der Waals surface area contributed by atoms with Gasteiger partial charge in [-0.05, 0) is 0 Å². The quantitative estimate of drug-likeness (QED) is 0.329. The predicted molar refractivity (Wildman–Crippen MR) is 74.1 cm³/mol. The zero-order chi connectivity index (χ0) is 11.5. The molecule has 0 atom stereocenters. The van der Waals surface area contributed by atoms with E-state index < -0.39 is 0 Å². The molecule has 0 aliphatic heterocycles. The van der Waals surface area contributed by atoms with Crippen LogP contribution in [0.3, 0.4) is 0 Å². The number of unbranched alkanes of at least 4 members (excludes halogenated alkanes) is 4. The van der Waals surface area contributed by atoms with E-state index >= 15 is 0 Å². The summed E-state index contributed by atoms with van der Waals surface area (Å²) in [4.78, 5) is 0. The molecule has 0 bridgehead atoms. The van der Waals surface area contributed by atoms with Gasteiger partial charge in [0.2, 0.25) is 0 Å². The Morgan fingerprint density at radius 2 is 1.27 bits per heavy atom. The van der Waals surface area contributed by atoms with Crippen molar-refractivity contribution in [3.05, 3.63) is 0 Å². The van der Waals surface area contributed by atoms with Crippen LogP contribution < -0.4 is 0 Å². The molecule has 0 fully saturated rings. The van der Waals surface area contributed by atoms with Gasteiger partial charge >= 0.3 is 0 Å². The van der Waals surface area contributed by atoms with Crippen molar-refractivity contribution in [2.24, 2.45) is 5.92 Å². The van der Waals surface area contributed by atoms with Crippen LogP contribution in [0.25, 0.3) is 0 Å². The molecular weight excluding hydrogens is 179 g/mol. The lowest BCUT2D eigenvalue weighted by molar-refractivity contribution is 0.698. The first-order valence-electron chi connectivity index (χ1n) is 7.20. The molecule has 0 amide bonds. The Balaban J connectivity index is 3.63. The van der Waals surface area contributed by atoms with Crippen molar-refractivity contribution < 1.29 is 0 Å². The Labute approximate surface area is 98.3 Å². The molecule has 0 saturated carbocycles. The SMILES string of the molecule is CCCCCB(CCCCC)CC(C)C. The smallest absolute Gasteiger partial charge is 0.0741 e. The van der Waals surface area contributed by atoms with Gasteiger partial charge in [-0.1, -0.05) is 91.1 Å². The van der Waals surface area contributed by atoms with E-state index in [1.807, 2.05) is 0 Å². The standard InChI is InChI=1S/C14H31B/c1-5-7-9-11-15(13-14(3)4)12-10-8-6-2/h14H,5-13H2,1-4H3. The third-order valence-corrected chi connectivity index (χ3v) is 3.24. The molecule has 0 heterocycles. The Hall–Kier alpha value is 0.0649. The van der Waals surface area contributed by atoms with Crippen molar-refractivity contribution in [1.29, 1.82) is 0 Å². The molecule has 0 aliphatic carbocycles. The summed E-state index contributed by atoms with van der Waals surface area (Å²) in [5, 5.41) is 0. The summed E-state index contributed by atoms with van der Waals surface area (Å²) in [6, 6.07) is 0. The van der Waals surface area contributed by atoms with E-state index in [9.17, 15) is 0 Å². The van der Waals surface area contributed by atoms with Gasteiger partial charge in [0.1, 0.15) is 6.71 Å². The van der Waals surface area contributed by atoms with Crippen LogP contribution in [0.1, 0.15) is 66.2 Å². The van der Waals surface area contributed by atoms with Crippen LogP contribution in [0.15, 0.2) is 0 Å². The average molecular weight is 210 g/mol. The molecule has 0 aromatic rings. The van der Waals surface area contributed by atoms with Crippen LogP contribution in [0, 0.1) is 5.92 Å². The summed E-state index contributed by atoms with van der Waals surface area (Å²) in [6.45, 7) is 10.4. The van der Waals surface area contributed by atoms with E-state index in [2.05, 4.69) is 27.7 Å². The highest BCUT2D eigenvalue weighted by Crippen LogP contribution is 2.19. The molecule has 1 heteroatoms. The topological polar surface area (TPSA) is 0 Å². The lowest BCUT2D eigenvalue weighted by Crippen LogP contribution is -2.14. The van der Waals surface area contributed by atoms with Gasteiger partial charge in [0.15, 0.2) is 0 Å². The first-order valence-corrected chi connectivity index (χ1v) is 7.20. The third-order valence-electron chi connectivity index (χ3n) is 3.24. The fraction of sp³-hybridized carbons (Fsp3) is 1.00. The Morgan fingerprint density at radius 3 is 1.60 bits per heavy atom. The van der Waals surface area contributed by atoms with Gasteiger partial charge in [-0.15, -0.1) is 0 Å². The summed E-state index contributed by atoms with van der Waals surface area (Å²) in [7, 11) is 0. The van der Waals surface area contributed by atoms with Crippen LogP contribution in [0.4, 0.5) is 0 Å². The van der Waals surface area contributed by atoms with E-state index in [0.29, 0.717) is 0 Å². The van der Waals surface area contributed by atoms with Gasteiger partial charge in [0, 0.05) is 0 Å². The predicted octanol–water partition coefficient (Wildman–Crippen LogP) is 5.52. The number of hydrogen-bond donors (Lipinski definition) is 0. The fourth-order valence-electron chi connectivity index (χ4n) is 2.41. The zero-order valence-electron chi connectivity index (χ0n) is 11.5. The number of rotatable bonds is 10. The minimum Gasteiger partial charge on any atom is -0.0741 e. The van der Waals surface area contributed by atoms with Gasteiger partial charge in [0.05, 0.1) is 0 Å². The van der Waals surface area contributed by atoms with Crippen molar-refractivity contribution in [3.63, 3.8) is 0 Å². The minimum atomic E-state index is 0.887. The molecule has 0 N–H and O–H groups in total. The van der Waals surface area contributed by atoms with E-state index in [0.717, 1.165) is 12.6 Å². The Kier molecular flexibility index (Phi) is 10.6. The van der Waals surface area contributed by atoms with E-state index in [4.69, 9.17) is 0 Å². The van der Waals surface area contributed by atoms with Crippen molar-refractivity contribution in [3.8, 4) is 0 Å². The molecule has 0 spiro atoms. The average Bonchev–Trinajstić information content (AvgIpc) is 2.17. The fourth-order valence-corrected chi connectivity index (χ4v) is 2.41. The third kappa shape index (κ3) is 10.3. The van der Waals surface area contributed by atoms with E-state index in [1.165, 1.54) is 57.5 Å². The molecule has 0 rings (SSSR count). The Bertz CT molecular complexity index is 111. The summed E-state index contributed by atoms with van der Waals surface area (Å²) < 4.78 is 0. The van der Waals surface area contributed by atoms with Gasteiger partial charge in [-0.25, -0.2) is 0 Å². The van der Waals surface area contributed by atoms with Crippen LogP contribution >= 0.6 is 0 Å². The molecular formula is C14H31B. The van der Waals surface area contributed by atoms with Crippen molar-refractivity contribution in [2.45, 2.75) is 85.2 Å². The summed E-state index contributed by atoms with van der Waals surface area (Å²) >= 11 is 0. The highest BCUT2D eigenvalue weighted by molar-refractivity contribution is 6.58. The van der Waals surface area contributed by atoms with Gasteiger partial charge in [-0.2, -0.15) is 0 Å². The summed E-state index contributed by atoms with van der Waals surface area (Å²) in [5.41, 5.74) is 0. The maximum atomic E-state index is 2.37. The lowest BCUT2D eigenvalue weighted by Gasteiger charge is -2.15. The van der Waals surface area contributed by atoms with E-state index in [-0.39, 0.29) is 0 Å². The molecule has 0 unspecified atom stereocenters. The minimum absolute atomic E-state index is 0.887. The highest BCUT2D eigenvalue weighted by atomic mass is 14.0. The second kappa shape index (κ2) is 10.6. The molecule has 0 saturated heterocycles. The van der Waals surface area contributed by atoms with Crippen LogP contribution in [-0.4, -0.2) is 6.71 Å². The second-order valence-corrected chi connectivity index (χ2v) is 5.49. The largest absolute Gasteiger partial charge is 0.140 e. The normalized spacial score (nSPS) is 11.0. The number of hydrogen-bond acceptors (Lipinski definition) is 0. The second-order valence-electron chi connectivity index (χ2n) is 5.49. The first kappa shape index (κ1) is 15.1. The molecule has 0 aromatic heterocycles. The summed E-state index contributed by atoms with van der Waals surface area (Å²) in [5.74, 6) is 0.887. The Morgan fingerprint density at radius 1 is 0.800 bits per heavy atom. The lowest BCUT2D eigenvalue weighted by atomic mass is 9.40. The van der Waals surface area contributed by atoms with Crippen molar-refractivity contribution in [1.82, 2.24) is 0 Å². The molecule has 0 aromatic carbocycles. The van der Waals surface area contributed by atoms with Crippen LogP contribution in [-0.2, 0) is 0 Å². The highest BCUT2D eigenvalue weighted by Gasteiger charge is 2.14. The molecule has 15 heavy (non-hydrogen) atoms. The molecule has 90 valence electrons. The maximum Gasteiger partial charge on any atom is 0.140 e. The van der Waals surface area contributed by atoms with Crippen molar-refractivity contribution in [2.75, 3.05) is 0 Å². The van der Waals surface area contributed by atoms with Crippen molar-refractivity contribution >= 4 is 6.71 Å². The van der Waals surface area contributed by atoms with Crippen LogP contribution in [0.5, 0.6) is 0 Å². The van der Waals surface area contributed by atoms with Crippen LogP contribution in [0.2, 0.25) is 19.0 Å². The molecule has 0 radical (unpaired) electrons. The first-order chi connectivity index (χ1) is 7.20. The maximum absolute atomic E-state index is 2.37. The zero-order valence-corrected chi connectivity index (χ0v) is 11.5. The summed E-state index contributed by atoms with van der Waals surface area (Å²) in [6.07, 6.45) is 12.9. The molecule has 0 nitrogen and oxygen atoms in total. The van der Waals surface area contributed by atoms with Gasteiger partial charge in [0.25, 0.3) is 0 Å². The monoisotopic (exact) mass is 210 g/mol.